The van der Waals surface area contributed by atoms with E-state index in [1.165, 1.54) is 16.7 Å². The number of aryl methyl sites for hydroxylation is 1. The van der Waals surface area contributed by atoms with Crippen molar-refractivity contribution >= 4 is 11.0 Å². The highest BCUT2D eigenvalue weighted by atomic mass is 19.1. The summed E-state index contributed by atoms with van der Waals surface area (Å²) < 4.78 is 19.8. The molecule has 0 saturated carbocycles. The first-order chi connectivity index (χ1) is 10.5. The summed E-state index contributed by atoms with van der Waals surface area (Å²) in [5.41, 5.74) is 2.09. The molecule has 0 atom stereocenters. The van der Waals surface area contributed by atoms with E-state index in [0.717, 1.165) is 16.6 Å². The average molecular weight is 301 g/mol. The smallest absolute Gasteiger partial charge is 0.250 e. The predicted octanol–water partition coefficient (Wildman–Crippen LogP) is 2.30. The number of halogens is 1. The second-order valence-electron chi connectivity index (χ2n) is 5.43. The van der Waals surface area contributed by atoms with Crippen LogP contribution in [-0.2, 0) is 20.1 Å². The molecular weight excluding hydrogens is 285 g/mol. The first-order valence-electron chi connectivity index (χ1n) is 6.91. The van der Waals surface area contributed by atoms with Gasteiger partial charge in [-0.25, -0.2) is 4.39 Å². The number of fused-ring (bicyclic) bond motifs is 1. The van der Waals surface area contributed by atoms with Crippen molar-refractivity contribution in [3.63, 3.8) is 0 Å². The molecule has 0 spiro atoms. The van der Waals surface area contributed by atoms with Crippen LogP contribution < -0.4 is 5.56 Å². The molecule has 0 bridgehead atoms. The van der Waals surface area contributed by atoms with Gasteiger partial charge in [-0.3, -0.25) is 9.69 Å². The molecule has 5 nitrogen and oxygen atoms in total. The van der Waals surface area contributed by atoms with E-state index in [1.54, 1.807) is 25.4 Å². The maximum Gasteiger partial charge on any atom is 0.250 e. The highest BCUT2D eigenvalue weighted by Crippen LogP contribution is 2.20. The van der Waals surface area contributed by atoms with Crippen LogP contribution in [0.1, 0.15) is 11.3 Å². The van der Waals surface area contributed by atoms with E-state index < -0.39 is 0 Å². The van der Waals surface area contributed by atoms with Gasteiger partial charge in [-0.2, -0.15) is 0 Å². The Kier molecular flexibility index (Phi) is 3.77. The zero-order valence-corrected chi connectivity index (χ0v) is 12.4. The van der Waals surface area contributed by atoms with E-state index in [0.29, 0.717) is 18.7 Å². The van der Waals surface area contributed by atoms with Crippen LogP contribution in [0.5, 0.6) is 0 Å². The summed E-state index contributed by atoms with van der Waals surface area (Å²) in [4.78, 5) is 13.6. The third kappa shape index (κ3) is 2.92. The van der Waals surface area contributed by atoms with Crippen molar-refractivity contribution in [2.24, 2.45) is 7.05 Å². The molecule has 0 N–H and O–H groups in total. The van der Waals surface area contributed by atoms with Crippen LogP contribution in [0.4, 0.5) is 4.39 Å². The molecule has 1 aromatic carbocycles. The molecule has 0 amide bonds. The normalized spacial score (nSPS) is 11.5. The second-order valence-corrected chi connectivity index (χ2v) is 5.43. The molecule has 0 aliphatic heterocycles. The number of aromatic nitrogens is 2. The number of rotatable bonds is 4. The van der Waals surface area contributed by atoms with E-state index in [4.69, 9.17) is 4.52 Å². The molecular formula is C16H16FN3O2. The van der Waals surface area contributed by atoms with E-state index in [-0.39, 0.29) is 11.4 Å². The van der Waals surface area contributed by atoms with Crippen molar-refractivity contribution < 1.29 is 8.91 Å². The highest BCUT2D eigenvalue weighted by Gasteiger charge is 2.11. The van der Waals surface area contributed by atoms with E-state index in [1.807, 2.05) is 18.0 Å². The van der Waals surface area contributed by atoms with E-state index >= 15 is 0 Å². The Bertz CT molecular complexity index is 869. The average Bonchev–Trinajstić information content (AvgIpc) is 2.85. The minimum Gasteiger partial charge on any atom is -0.356 e. The van der Waals surface area contributed by atoms with Crippen LogP contribution in [0.2, 0.25) is 0 Å². The summed E-state index contributed by atoms with van der Waals surface area (Å²) in [7, 11) is 3.65. The molecule has 3 rings (SSSR count). The fourth-order valence-corrected chi connectivity index (χ4v) is 2.39. The predicted molar refractivity (Wildman–Crippen MR) is 80.8 cm³/mol. The molecule has 0 aliphatic carbocycles. The van der Waals surface area contributed by atoms with E-state index in [2.05, 4.69) is 5.16 Å². The van der Waals surface area contributed by atoms with Crippen molar-refractivity contribution in [3.05, 3.63) is 64.0 Å². The maximum absolute atomic E-state index is 13.1. The number of hydrogen-bond acceptors (Lipinski definition) is 4. The van der Waals surface area contributed by atoms with E-state index in [9.17, 15) is 9.18 Å². The van der Waals surface area contributed by atoms with Crippen molar-refractivity contribution in [2.45, 2.75) is 13.1 Å². The lowest BCUT2D eigenvalue weighted by Gasteiger charge is -2.15. The van der Waals surface area contributed by atoms with Gasteiger partial charge in [0.2, 0.25) is 0 Å². The SMILES string of the molecule is CN(Cc1ccn(C)c(=O)c1)Cc1noc2cc(F)ccc12. The monoisotopic (exact) mass is 301 g/mol. The first-order valence-corrected chi connectivity index (χ1v) is 6.91. The molecule has 2 aromatic heterocycles. The van der Waals surface area contributed by atoms with Gasteiger partial charge >= 0.3 is 0 Å². The Balaban J connectivity index is 1.76. The van der Waals surface area contributed by atoms with Gasteiger partial charge in [-0.05, 0) is 30.8 Å². The van der Waals surface area contributed by atoms with Gasteiger partial charge < -0.3 is 9.09 Å². The zero-order valence-electron chi connectivity index (χ0n) is 12.4. The van der Waals surface area contributed by atoms with Gasteiger partial charge in [-0.1, -0.05) is 5.16 Å². The first kappa shape index (κ1) is 14.5. The number of pyridine rings is 1. The summed E-state index contributed by atoms with van der Waals surface area (Å²) >= 11 is 0. The molecule has 0 unspecified atom stereocenters. The largest absolute Gasteiger partial charge is 0.356 e. The van der Waals surface area contributed by atoms with Crippen molar-refractivity contribution in [2.75, 3.05) is 7.05 Å². The molecule has 114 valence electrons. The van der Waals surface area contributed by atoms with Crippen LogP contribution in [-0.4, -0.2) is 21.7 Å². The summed E-state index contributed by atoms with van der Waals surface area (Å²) in [6.07, 6.45) is 1.75. The molecule has 0 radical (unpaired) electrons. The van der Waals surface area contributed by atoms with Gasteiger partial charge in [0, 0.05) is 43.9 Å². The molecule has 3 aromatic rings. The number of benzene rings is 1. The van der Waals surface area contributed by atoms with Crippen molar-refractivity contribution in [1.29, 1.82) is 0 Å². The Morgan fingerprint density at radius 1 is 1.27 bits per heavy atom. The number of nitrogens with zero attached hydrogens (tertiary/aromatic N) is 3. The lowest BCUT2D eigenvalue weighted by Crippen LogP contribution is -2.21. The Hall–Kier alpha value is -2.47. The minimum absolute atomic E-state index is 0.0340. The third-order valence-corrected chi connectivity index (χ3v) is 3.55. The summed E-state index contributed by atoms with van der Waals surface area (Å²) in [5.74, 6) is -0.344. The molecule has 0 aliphatic rings. The molecule has 2 heterocycles. The van der Waals surface area contributed by atoms with Crippen LogP contribution in [0, 0.1) is 5.82 Å². The minimum atomic E-state index is -0.344. The summed E-state index contributed by atoms with van der Waals surface area (Å²) in [6.45, 7) is 1.17. The van der Waals surface area contributed by atoms with Crippen LogP contribution in [0.3, 0.4) is 0 Å². The third-order valence-electron chi connectivity index (χ3n) is 3.55. The second kappa shape index (κ2) is 5.73. The van der Waals surface area contributed by atoms with Gasteiger partial charge in [-0.15, -0.1) is 0 Å². The zero-order chi connectivity index (χ0) is 15.7. The fraction of sp³-hybridized carbons (Fsp3) is 0.250. The van der Waals surface area contributed by atoms with Gasteiger partial charge in [0.05, 0.1) is 0 Å². The highest BCUT2D eigenvalue weighted by molar-refractivity contribution is 5.79. The fourth-order valence-electron chi connectivity index (χ4n) is 2.39. The van der Waals surface area contributed by atoms with Crippen LogP contribution in [0.15, 0.2) is 45.8 Å². The molecule has 0 saturated heterocycles. The van der Waals surface area contributed by atoms with Crippen LogP contribution >= 0.6 is 0 Å². The Labute approximate surface area is 126 Å². The van der Waals surface area contributed by atoms with Crippen molar-refractivity contribution in [3.8, 4) is 0 Å². The molecule has 22 heavy (non-hydrogen) atoms. The topological polar surface area (TPSA) is 51.3 Å². The van der Waals surface area contributed by atoms with Gasteiger partial charge in [0.15, 0.2) is 5.58 Å². The number of hydrogen-bond donors (Lipinski definition) is 0. The molecule has 6 heteroatoms. The van der Waals surface area contributed by atoms with Gasteiger partial charge in [0.1, 0.15) is 11.5 Å². The van der Waals surface area contributed by atoms with Crippen molar-refractivity contribution in [1.82, 2.24) is 14.6 Å². The standard InChI is InChI=1S/C16H16FN3O2/c1-19(9-11-5-6-20(2)16(21)7-11)10-14-13-4-3-12(17)8-15(13)22-18-14/h3-8H,9-10H2,1-2H3. The summed E-state index contributed by atoms with van der Waals surface area (Å²) in [5, 5.41) is 4.80. The lowest BCUT2D eigenvalue weighted by molar-refractivity contribution is 0.306. The quantitative estimate of drug-likeness (QED) is 0.742. The van der Waals surface area contributed by atoms with Crippen LogP contribution in [0.25, 0.3) is 11.0 Å². The lowest BCUT2D eigenvalue weighted by atomic mass is 10.2. The Morgan fingerprint density at radius 2 is 2.09 bits per heavy atom. The molecule has 0 fully saturated rings. The van der Waals surface area contributed by atoms with Gasteiger partial charge in [0.25, 0.3) is 5.56 Å². The Morgan fingerprint density at radius 3 is 2.86 bits per heavy atom. The maximum atomic E-state index is 13.1. The summed E-state index contributed by atoms with van der Waals surface area (Å²) in [6, 6.07) is 7.92.